The number of carbonyl (C=O) groups excluding carboxylic acids is 1. The van der Waals surface area contributed by atoms with Crippen molar-refractivity contribution in [1.29, 1.82) is 0 Å². The number of nitrogens with one attached hydrogen (secondary N) is 1. The van der Waals surface area contributed by atoms with Crippen molar-refractivity contribution >= 4 is 22.7 Å². The quantitative estimate of drug-likeness (QED) is 0.477. The lowest BCUT2D eigenvalue weighted by Gasteiger charge is -2.05. The number of nitrogens with zero attached hydrogens (tertiary/aromatic N) is 2. The van der Waals surface area contributed by atoms with Gasteiger partial charge in [-0.2, -0.15) is 0 Å². The SMILES string of the molecule is CCCCCNC(=O)Cn1c(=O)oc2ccc([N+](=O)[O-])cc21. The van der Waals surface area contributed by atoms with Crippen LogP contribution >= 0.6 is 0 Å². The number of rotatable bonds is 7. The first-order valence-electron chi connectivity index (χ1n) is 7.07. The Morgan fingerprint density at radius 2 is 2.18 bits per heavy atom. The summed E-state index contributed by atoms with van der Waals surface area (Å²) in [5, 5.41) is 13.5. The van der Waals surface area contributed by atoms with Gasteiger partial charge in [-0.1, -0.05) is 19.8 Å². The number of non-ortho nitro benzene ring substituents is 1. The van der Waals surface area contributed by atoms with Crippen molar-refractivity contribution in [2.24, 2.45) is 0 Å². The highest BCUT2D eigenvalue weighted by molar-refractivity contribution is 5.80. The minimum atomic E-state index is -0.709. The fourth-order valence-electron chi connectivity index (χ4n) is 2.12. The molecule has 0 saturated heterocycles. The molecular formula is C14H17N3O5. The van der Waals surface area contributed by atoms with Crippen LogP contribution in [0.1, 0.15) is 26.2 Å². The molecule has 1 N–H and O–H groups in total. The highest BCUT2D eigenvalue weighted by Crippen LogP contribution is 2.19. The van der Waals surface area contributed by atoms with Gasteiger partial charge in [-0.25, -0.2) is 4.79 Å². The molecule has 0 unspecified atom stereocenters. The summed E-state index contributed by atoms with van der Waals surface area (Å²) in [6, 6.07) is 3.83. The van der Waals surface area contributed by atoms with Gasteiger partial charge in [-0.05, 0) is 12.5 Å². The van der Waals surface area contributed by atoms with Crippen molar-refractivity contribution in [2.45, 2.75) is 32.7 Å². The third-order valence-corrected chi connectivity index (χ3v) is 3.27. The molecule has 118 valence electrons. The Balaban J connectivity index is 2.17. The van der Waals surface area contributed by atoms with Crippen LogP contribution < -0.4 is 11.1 Å². The maximum atomic E-state index is 11.8. The Morgan fingerprint density at radius 1 is 1.41 bits per heavy atom. The van der Waals surface area contributed by atoms with Gasteiger partial charge >= 0.3 is 5.76 Å². The lowest BCUT2D eigenvalue weighted by atomic mass is 10.2. The first-order valence-corrected chi connectivity index (χ1v) is 7.07. The fourth-order valence-corrected chi connectivity index (χ4v) is 2.12. The van der Waals surface area contributed by atoms with Crippen molar-refractivity contribution < 1.29 is 14.1 Å². The molecule has 2 rings (SSSR count). The average molecular weight is 307 g/mol. The predicted molar refractivity (Wildman–Crippen MR) is 79.7 cm³/mol. The molecule has 0 aliphatic carbocycles. The van der Waals surface area contributed by atoms with Crippen LogP contribution in [-0.2, 0) is 11.3 Å². The summed E-state index contributed by atoms with van der Waals surface area (Å²) in [7, 11) is 0. The number of unbranched alkanes of at least 4 members (excludes halogenated alkanes) is 2. The number of hydrogen-bond donors (Lipinski definition) is 1. The summed E-state index contributed by atoms with van der Waals surface area (Å²) < 4.78 is 6.08. The zero-order valence-corrected chi connectivity index (χ0v) is 12.2. The normalized spacial score (nSPS) is 10.8. The number of carbonyl (C=O) groups is 1. The Kier molecular flexibility index (Phi) is 4.92. The van der Waals surface area contributed by atoms with Gasteiger partial charge in [0, 0.05) is 18.7 Å². The fraction of sp³-hybridized carbons (Fsp3) is 0.429. The van der Waals surface area contributed by atoms with Gasteiger partial charge in [0.1, 0.15) is 6.54 Å². The van der Waals surface area contributed by atoms with Crippen LogP contribution in [0.25, 0.3) is 11.1 Å². The van der Waals surface area contributed by atoms with Crippen molar-refractivity contribution in [3.8, 4) is 0 Å². The molecule has 8 nitrogen and oxygen atoms in total. The number of aromatic nitrogens is 1. The molecule has 0 aliphatic heterocycles. The second-order valence-corrected chi connectivity index (χ2v) is 4.92. The zero-order valence-electron chi connectivity index (χ0n) is 12.2. The van der Waals surface area contributed by atoms with E-state index in [4.69, 9.17) is 4.42 Å². The van der Waals surface area contributed by atoms with Crippen molar-refractivity contribution in [1.82, 2.24) is 9.88 Å². The maximum absolute atomic E-state index is 11.8. The number of benzene rings is 1. The number of oxazole rings is 1. The lowest BCUT2D eigenvalue weighted by molar-refractivity contribution is -0.384. The summed E-state index contributed by atoms with van der Waals surface area (Å²) in [6.07, 6.45) is 2.93. The van der Waals surface area contributed by atoms with E-state index in [-0.39, 0.29) is 29.2 Å². The third-order valence-electron chi connectivity index (χ3n) is 3.27. The van der Waals surface area contributed by atoms with Gasteiger partial charge in [-0.15, -0.1) is 0 Å². The van der Waals surface area contributed by atoms with Gasteiger partial charge in [0.25, 0.3) is 5.69 Å². The molecular weight excluding hydrogens is 290 g/mol. The molecule has 8 heteroatoms. The summed E-state index contributed by atoms with van der Waals surface area (Å²) in [6.45, 7) is 2.38. The number of amides is 1. The minimum Gasteiger partial charge on any atom is -0.408 e. The number of fused-ring (bicyclic) bond motifs is 1. The lowest BCUT2D eigenvalue weighted by Crippen LogP contribution is -2.31. The van der Waals surface area contributed by atoms with Crippen LogP contribution in [0.15, 0.2) is 27.4 Å². The van der Waals surface area contributed by atoms with Crippen molar-refractivity contribution in [3.05, 3.63) is 38.9 Å². The average Bonchev–Trinajstić information content (AvgIpc) is 2.79. The molecule has 1 amide bonds. The Morgan fingerprint density at radius 3 is 2.86 bits per heavy atom. The molecule has 0 atom stereocenters. The highest BCUT2D eigenvalue weighted by Gasteiger charge is 2.16. The maximum Gasteiger partial charge on any atom is 0.420 e. The van der Waals surface area contributed by atoms with Crippen molar-refractivity contribution in [2.75, 3.05) is 6.54 Å². The van der Waals surface area contributed by atoms with E-state index in [1.807, 2.05) is 0 Å². The first-order chi connectivity index (χ1) is 10.5. The second kappa shape index (κ2) is 6.88. The number of nitro benzene ring substituents is 1. The van der Waals surface area contributed by atoms with E-state index in [1.54, 1.807) is 0 Å². The summed E-state index contributed by atoms with van der Waals surface area (Å²) in [5.41, 5.74) is 0.294. The summed E-state index contributed by atoms with van der Waals surface area (Å²) >= 11 is 0. The standard InChI is InChI=1S/C14H17N3O5/c1-2-3-4-7-15-13(18)9-16-11-8-10(17(20)21)5-6-12(11)22-14(16)19/h5-6,8H,2-4,7,9H2,1H3,(H,15,18). The van der Waals surface area contributed by atoms with Gasteiger partial charge < -0.3 is 9.73 Å². The van der Waals surface area contributed by atoms with Crippen LogP contribution in [0.4, 0.5) is 5.69 Å². The third kappa shape index (κ3) is 3.51. The van der Waals surface area contributed by atoms with E-state index < -0.39 is 10.7 Å². The monoisotopic (exact) mass is 307 g/mol. The molecule has 0 radical (unpaired) electrons. The van der Waals surface area contributed by atoms with Crippen LogP contribution in [0.5, 0.6) is 0 Å². The predicted octanol–water partition coefficient (Wildman–Crippen LogP) is 1.81. The van der Waals surface area contributed by atoms with Gasteiger partial charge in [0.2, 0.25) is 5.91 Å². The smallest absolute Gasteiger partial charge is 0.408 e. The zero-order chi connectivity index (χ0) is 16.1. The van der Waals surface area contributed by atoms with Gasteiger partial charge in [-0.3, -0.25) is 19.5 Å². The van der Waals surface area contributed by atoms with E-state index in [1.165, 1.54) is 18.2 Å². The molecule has 0 aliphatic rings. The molecule has 22 heavy (non-hydrogen) atoms. The molecule has 2 aromatic rings. The van der Waals surface area contributed by atoms with Crippen LogP contribution in [0.2, 0.25) is 0 Å². The van der Waals surface area contributed by atoms with Crippen molar-refractivity contribution in [3.63, 3.8) is 0 Å². The largest absolute Gasteiger partial charge is 0.420 e. The van der Waals surface area contributed by atoms with E-state index in [0.29, 0.717) is 6.54 Å². The van der Waals surface area contributed by atoms with E-state index in [2.05, 4.69) is 12.2 Å². The Bertz CT molecular complexity index is 747. The van der Waals surface area contributed by atoms with Crippen LogP contribution in [0, 0.1) is 10.1 Å². The van der Waals surface area contributed by atoms with E-state index >= 15 is 0 Å². The minimum absolute atomic E-state index is 0.162. The van der Waals surface area contributed by atoms with Gasteiger partial charge in [0.15, 0.2) is 5.58 Å². The molecule has 0 bridgehead atoms. The Labute approximate surface area is 125 Å². The summed E-state index contributed by atoms with van der Waals surface area (Å²) in [5.74, 6) is -1.04. The van der Waals surface area contributed by atoms with Gasteiger partial charge in [0.05, 0.1) is 10.4 Å². The first kappa shape index (κ1) is 15.7. The van der Waals surface area contributed by atoms with E-state index in [9.17, 15) is 19.7 Å². The van der Waals surface area contributed by atoms with Crippen LogP contribution in [-0.4, -0.2) is 21.9 Å². The second-order valence-electron chi connectivity index (χ2n) is 4.92. The molecule has 0 fully saturated rings. The topological polar surface area (TPSA) is 107 Å². The van der Waals surface area contributed by atoms with Crippen LogP contribution in [0.3, 0.4) is 0 Å². The molecule has 0 spiro atoms. The molecule has 1 aromatic carbocycles. The molecule has 1 heterocycles. The summed E-state index contributed by atoms with van der Waals surface area (Å²) in [4.78, 5) is 33.9. The van der Waals surface area contributed by atoms with E-state index in [0.717, 1.165) is 23.8 Å². The Hall–Kier alpha value is -2.64. The highest BCUT2D eigenvalue weighted by atomic mass is 16.6. The number of hydrogen-bond acceptors (Lipinski definition) is 5. The molecule has 1 aromatic heterocycles. The molecule has 0 saturated carbocycles. The number of nitro groups is 1.